The van der Waals surface area contributed by atoms with Gasteiger partial charge in [-0.25, -0.2) is 0 Å². The zero-order valence-corrected chi connectivity index (χ0v) is 6.53. The molecule has 0 atom stereocenters. The van der Waals surface area contributed by atoms with Crippen LogP contribution in [0, 0.1) is 0 Å². The van der Waals surface area contributed by atoms with Crippen molar-refractivity contribution in [1.82, 2.24) is 14.7 Å². The van der Waals surface area contributed by atoms with Gasteiger partial charge in [0.15, 0.2) is 5.69 Å². The van der Waals surface area contributed by atoms with E-state index in [2.05, 4.69) is 5.10 Å². The Kier molecular flexibility index (Phi) is 1.07. The minimum Gasteiger partial charge on any atom is -0.336 e. The average molecular weight is 151 g/mol. The topological polar surface area (TPSA) is 38.1 Å². The van der Waals surface area contributed by atoms with E-state index in [1.165, 1.54) is 0 Å². The Morgan fingerprint density at radius 1 is 1.55 bits per heavy atom. The van der Waals surface area contributed by atoms with E-state index < -0.39 is 0 Å². The fourth-order valence-corrected chi connectivity index (χ4v) is 1.34. The Morgan fingerprint density at radius 2 is 2.27 bits per heavy atom. The van der Waals surface area contributed by atoms with Crippen LogP contribution in [0.3, 0.4) is 0 Å². The molecule has 2 heterocycles. The smallest absolute Gasteiger partial charge is 0.274 e. The molecule has 1 aliphatic heterocycles. The minimum atomic E-state index is 0.0283. The highest BCUT2D eigenvalue weighted by atomic mass is 16.2. The molecule has 1 aromatic rings. The van der Waals surface area contributed by atoms with Crippen LogP contribution in [0.2, 0.25) is 0 Å². The number of rotatable bonds is 0. The fourth-order valence-electron chi connectivity index (χ4n) is 1.34. The van der Waals surface area contributed by atoms with Gasteiger partial charge in [-0.15, -0.1) is 0 Å². The van der Waals surface area contributed by atoms with Gasteiger partial charge < -0.3 is 4.90 Å². The van der Waals surface area contributed by atoms with Crippen molar-refractivity contribution in [3.8, 4) is 0 Å². The molecule has 11 heavy (non-hydrogen) atoms. The molecule has 0 aromatic carbocycles. The molecule has 0 spiro atoms. The molecule has 0 unspecified atom stereocenters. The van der Waals surface area contributed by atoms with E-state index in [4.69, 9.17) is 0 Å². The van der Waals surface area contributed by atoms with E-state index >= 15 is 0 Å². The van der Waals surface area contributed by atoms with Crippen molar-refractivity contribution in [2.45, 2.75) is 6.54 Å². The first-order valence-corrected chi connectivity index (χ1v) is 3.46. The normalized spacial score (nSPS) is 15.8. The number of hydrogen-bond acceptors (Lipinski definition) is 2. The van der Waals surface area contributed by atoms with Crippen molar-refractivity contribution in [1.29, 1.82) is 0 Å². The van der Waals surface area contributed by atoms with Crippen LogP contribution < -0.4 is 0 Å². The second-order valence-corrected chi connectivity index (χ2v) is 2.84. The largest absolute Gasteiger partial charge is 0.336 e. The number of carbonyl (C=O) groups excluding carboxylic acids is 1. The second-order valence-electron chi connectivity index (χ2n) is 2.84. The van der Waals surface area contributed by atoms with Gasteiger partial charge in [-0.3, -0.25) is 9.48 Å². The third-order valence-corrected chi connectivity index (χ3v) is 1.86. The van der Waals surface area contributed by atoms with Gasteiger partial charge in [0.2, 0.25) is 0 Å². The fraction of sp³-hybridized carbons (Fsp3) is 0.429. The van der Waals surface area contributed by atoms with Gasteiger partial charge in [-0.1, -0.05) is 0 Å². The molecule has 0 bridgehead atoms. The lowest BCUT2D eigenvalue weighted by molar-refractivity contribution is 0.0809. The van der Waals surface area contributed by atoms with E-state index in [0.29, 0.717) is 12.2 Å². The lowest BCUT2D eigenvalue weighted by Crippen LogP contribution is -2.19. The summed E-state index contributed by atoms with van der Waals surface area (Å²) in [5.74, 6) is 0.0283. The summed E-state index contributed by atoms with van der Waals surface area (Å²) in [5.41, 5.74) is 1.63. The van der Waals surface area contributed by atoms with E-state index in [1.54, 1.807) is 16.6 Å². The van der Waals surface area contributed by atoms with E-state index in [9.17, 15) is 4.79 Å². The van der Waals surface area contributed by atoms with Gasteiger partial charge >= 0.3 is 0 Å². The number of fused-ring (bicyclic) bond motifs is 1. The Hall–Kier alpha value is -1.32. The molecule has 0 radical (unpaired) electrons. The summed E-state index contributed by atoms with van der Waals surface area (Å²) in [4.78, 5) is 12.9. The van der Waals surface area contributed by atoms with E-state index in [-0.39, 0.29) is 5.91 Å². The predicted molar refractivity (Wildman–Crippen MR) is 39.0 cm³/mol. The molecule has 1 aliphatic rings. The summed E-state index contributed by atoms with van der Waals surface area (Å²) in [6, 6.07) is 0. The monoisotopic (exact) mass is 151 g/mol. The van der Waals surface area contributed by atoms with E-state index in [0.717, 1.165) is 5.56 Å². The predicted octanol–water partition coefficient (Wildman–Crippen LogP) is 0.00570. The van der Waals surface area contributed by atoms with Crippen LogP contribution in [0.25, 0.3) is 0 Å². The quantitative estimate of drug-likeness (QED) is 0.523. The standard InChI is InChI=1S/C7H9N3O/c1-9-3-5-4-10(2)8-6(5)7(9)11/h4H,3H2,1-2H3. The van der Waals surface area contributed by atoms with Gasteiger partial charge in [-0.2, -0.15) is 5.10 Å². The van der Waals surface area contributed by atoms with Gasteiger partial charge in [0.05, 0.1) is 0 Å². The molecule has 1 amide bonds. The number of amides is 1. The van der Waals surface area contributed by atoms with Crippen LogP contribution in [0.1, 0.15) is 16.1 Å². The van der Waals surface area contributed by atoms with Crippen LogP contribution >= 0.6 is 0 Å². The van der Waals surface area contributed by atoms with Crippen molar-refractivity contribution >= 4 is 5.91 Å². The Bertz CT molecular complexity index is 315. The molecule has 4 heteroatoms. The lowest BCUT2D eigenvalue weighted by Gasteiger charge is -2.05. The summed E-state index contributed by atoms with van der Waals surface area (Å²) in [6.07, 6.45) is 1.89. The zero-order valence-electron chi connectivity index (χ0n) is 6.53. The first-order chi connectivity index (χ1) is 5.18. The third-order valence-electron chi connectivity index (χ3n) is 1.86. The van der Waals surface area contributed by atoms with Crippen LogP contribution in [0.5, 0.6) is 0 Å². The first-order valence-electron chi connectivity index (χ1n) is 3.46. The molecular formula is C7H9N3O. The van der Waals surface area contributed by atoms with E-state index in [1.807, 2.05) is 13.2 Å². The maximum atomic E-state index is 11.3. The second kappa shape index (κ2) is 1.84. The molecule has 0 saturated heterocycles. The van der Waals surface area contributed by atoms with Crippen LogP contribution in [0.4, 0.5) is 0 Å². The molecule has 58 valence electrons. The van der Waals surface area contributed by atoms with Crippen molar-refractivity contribution in [3.63, 3.8) is 0 Å². The average Bonchev–Trinajstić information content (AvgIpc) is 2.37. The van der Waals surface area contributed by atoms with Crippen molar-refractivity contribution < 1.29 is 4.79 Å². The maximum Gasteiger partial charge on any atom is 0.274 e. The zero-order chi connectivity index (χ0) is 8.01. The molecule has 4 nitrogen and oxygen atoms in total. The summed E-state index contributed by atoms with van der Waals surface area (Å²) in [7, 11) is 3.61. The molecule has 0 aliphatic carbocycles. The number of hydrogen-bond donors (Lipinski definition) is 0. The molecule has 0 N–H and O–H groups in total. The van der Waals surface area contributed by atoms with Crippen molar-refractivity contribution in [2.75, 3.05) is 7.05 Å². The lowest BCUT2D eigenvalue weighted by atomic mass is 10.3. The Morgan fingerprint density at radius 3 is 2.91 bits per heavy atom. The van der Waals surface area contributed by atoms with Crippen LogP contribution in [0.15, 0.2) is 6.20 Å². The number of nitrogens with zero attached hydrogens (tertiary/aromatic N) is 3. The highest BCUT2D eigenvalue weighted by Gasteiger charge is 2.27. The summed E-state index contributed by atoms with van der Waals surface area (Å²) in [6.45, 7) is 0.696. The SMILES string of the molecule is CN1Cc2cn(C)nc2C1=O. The van der Waals surface area contributed by atoms with Crippen LogP contribution in [-0.2, 0) is 13.6 Å². The number of carbonyl (C=O) groups is 1. The van der Waals surface area contributed by atoms with Crippen molar-refractivity contribution in [2.24, 2.45) is 7.05 Å². The Balaban J connectivity index is 2.52. The molecule has 2 rings (SSSR count). The number of aromatic nitrogens is 2. The van der Waals surface area contributed by atoms with Gasteiger partial charge in [0, 0.05) is 32.4 Å². The molecule has 0 saturated carbocycles. The number of aryl methyl sites for hydroxylation is 1. The van der Waals surface area contributed by atoms with Gasteiger partial charge in [0.25, 0.3) is 5.91 Å². The Labute approximate surface area is 64.4 Å². The highest BCUT2D eigenvalue weighted by molar-refractivity contribution is 5.96. The van der Waals surface area contributed by atoms with Gasteiger partial charge in [0.1, 0.15) is 0 Å². The highest BCUT2D eigenvalue weighted by Crippen LogP contribution is 2.18. The molecule has 0 fully saturated rings. The minimum absolute atomic E-state index is 0.0283. The summed E-state index contributed by atoms with van der Waals surface area (Å²) < 4.78 is 1.68. The van der Waals surface area contributed by atoms with Gasteiger partial charge in [-0.05, 0) is 0 Å². The third kappa shape index (κ3) is 0.753. The first kappa shape index (κ1) is 6.39. The molecular weight excluding hydrogens is 142 g/mol. The maximum absolute atomic E-state index is 11.3. The summed E-state index contributed by atoms with van der Waals surface area (Å²) >= 11 is 0. The van der Waals surface area contributed by atoms with Crippen LogP contribution in [-0.4, -0.2) is 27.6 Å². The molecule has 1 aromatic heterocycles. The summed E-state index contributed by atoms with van der Waals surface area (Å²) in [5, 5.41) is 4.05. The van der Waals surface area contributed by atoms with Crippen molar-refractivity contribution in [3.05, 3.63) is 17.5 Å².